The molecule has 0 bridgehead atoms. The Morgan fingerprint density at radius 2 is 2.21 bits per heavy atom. The van der Waals surface area contributed by atoms with Gasteiger partial charge in [0.2, 0.25) is 0 Å². The van der Waals surface area contributed by atoms with E-state index in [0.717, 1.165) is 37.1 Å². The van der Waals surface area contributed by atoms with E-state index in [9.17, 15) is 0 Å². The van der Waals surface area contributed by atoms with Gasteiger partial charge in [0.15, 0.2) is 0 Å². The smallest absolute Gasteiger partial charge is 0.103 e. The topological polar surface area (TPSA) is 38.1 Å². The monoisotopic (exact) mass is 258 g/mol. The second kappa shape index (κ2) is 7.10. The average molecular weight is 258 g/mol. The van der Waals surface area contributed by atoms with Gasteiger partial charge in [-0.2, -0.15) is 0 Å². The van der Waals surface area contributed by atoms with Crippen molar-refractivity contribution >= 4 is 0 Å². The zero-order chi connectivity index (χ0) is 13.5. The molecular formula is C16H22N2O. The Morgan fingerprint density at radius 1 is 1.32 bits per heavy atom. The number of hydrogen-bond donors (Lipinski definition) is 1. The van der Waals surface area contributed by atoms with E-state index < -0.39 is 0 Å². The van der Waals surface area contributed by atoms with Crippen LogP contribution < -0.4 is 5.32 Å². The lowest BCUT2D eigenvalue weighted by Crippen LogP contribution is -2.28. The van der Waals surface area contributed by atoms with Gasteiger partial charge in [0, 0.05) is 30.8 Å². The van der Waals surface area contributed by atoms with Crippen LogP contribution in [0.2, 0.25) is 0 Å². The molecule has 0 aliphatic carbocycles. The summed E-state index contributed by atoms with van der Waals surface area (Å²) in [6.07, 6.45) is 7.73. The SMILES string of the molecule is CCc1ccc(CC(CCc2ccco2)NC)nc1. The molecule has 0 spiro atoms. The van der Waals surface area contributed by atoms with Crippen molar-refractivity contribution in [1.82, 2.24) is 10.3 Å². The van der Waals surface area contributed by atoms with Crippen LogP contribution in [0.5, 0.6) is 0 Å². The molecule has 2 rings (SSSR count). The number of hydrogen-bond acceptors (Lipinski definition) is 3. The number of rotatable bonds is 7. The van der Waals surface area contributed by atoms with Crippen LogP contribution in [0.15, 0.2) is 41.1 Å². The fraction of sp³-hybridized carbons (Fsp3) is 0.438. The fourth-order valence-electron chi connectivity index (χ4n) is 2.16. The van der Waals surface area contributed by atoms with Crippen molar-refractivity contribution in [3.05, 3.63) is 53.7 Å². The Hall–Kier alpha value is -1.61. The Bertz CT molecular complexity index is 462. The van der Waals surface area contributed by atoms with Gasteiger partial charge in [0.1, 0.15) is 5.76 Å². The molecule has 2 aromatic rings. The van der Waals surface area contributed by atoms with Crippen molar-refractivity contribution < 1.29 is 4.42 Å². The molecule has 0 aromatic carbocycles. The Morgan fingerprint density at radius 3 is 2.79 bits per heavy atom. The van der Waals surface area contributed by atoms with Crippen LogP contribution in [0, 0.1) is 0 Å². The van der Waals surface area contributed by atoms with Gasteiger partial charge in [-0.3, -0.25) is 4.98 Å². The number of nitrogens with zero attached hydrogens (tertiary/aromatic N) is 1. The Balaban J connectivity index is 1.87. The molecule has 2 heterocycles. The highest BCUT2D eigenvalue weighted by molar-refractivity contribution is 5.14. The molecule has 0 amide bonds. The minimum absolute atomic E-state index is 0.435. The van der Waals surface area contributed by atoms with Gasteiger partial charge in [0.05, 0.1) is 6.26 Å². The van der Waals surface area contributed by atoms with E-state index in [0.29, 0.717) is 6.04 Å². The minimum Gasteiger partial charge on any atom is -0.469 e. The van der Waals surface area contributed by atoms with E-state index in [1.54, 1.807) is 6.26 Å². The normalized spacial score (nSPS) is 12.5. The molecule has 1 N–H and O–H groups in total. The number of aryl methyl sites for hydroxylation is 2. The summed E-state index contributed by atoms with van der Waals surface area (Å²) in [4.78, 5) is 4.52. The van der Waals surface area contributed by atoms with Gasteiger partial charge in [-0.25, -0.2) is 0 Å². The van der Waals surface area contributed by atoms with E-state index in [-0.39, 0.29) is 0 Å². The highest BCUT2D eigenvalue weighted by Crippen LogP contribution is 2.10. The van der Waals surface area contributed by atoms with Gasteiger partial charge in [-0.05, 0) is 43.7 Å². The predicted molar refractivity (Wildman–Crippen MR) is 77.2 cm³/mol. The van der Waals surface area contributed by atoms with Gasteiger partial charge < -0.3 is 9.73 Å². The van der Waals surface area contributed by atoms with Crippen molar-refractivity contribution in [2.24, 2.45) is 0 Å². The summed E-state index contributed by atoms with van der Waals surface area (Å²) in [6.45, 7) is 2.15. The first kappa shape index (κ1) is 13.8. The van der Waals surface area contributed by atoms with Gasteiger partial charge in [-0.1, -0.05) is 13.0 Å². The molecule has 2 aromatic heterocycles. The van der Waals surface area contributed by atoms with Gasteiger partial charge >= 0.3 is 0 Å². The lowest BCUT2D eigenvalue weighted by Gasteiger charge is -2.15. The van der Waals surface area contributed by atoms with Crippen molar-refractivity contribution in [2.45, 2.75) is 38.6 Å². The molecule has 0 radical (unpaired) electrons. The fourth-order valence-corrected chi connectivity index (χ4v) is 2.16. The maximum absolute atomic E-state index is 5.37. The third-order valence-electron chi connectivity index (χ3n) is 3.48. The minimum atomic E-state index is 0.435. The van der Waals surface area contributed by atoms with E-state index in [2.05, 4.69) is 29.4 Å². The number of likely N-dealkylation sites (N-methyl/N-ethyl adjacent to an activating group) is 1. The lowest BCUT2D eigenvalue weighted by molar-refractivity contribution is 0.458. The quantitative estimate of drug-likeness (QED) is 0.829. The van der Waals surface area contributed by atoms with Crippen LogP contribution in [-0.4, -0.2) is 18.1 Å². The number of furan rings is 1. The third-order valence-corrected chi connectivity index (χ3v) is 3.48. The van der Waals surface area contributed by atoms with Crippen LogP contribution in [0.4, 0.5) is 0 Å². The van der Waals surface area contributed by atoms with E-state index in [4.69, 9.17) is 4.42 Å². The molecule has 0 saturated carbocycles. The molecule has 0 fully saturated rings. The van der Waals surface area contributed by atoms with Crippen molar-refractivity contribution in [3.63, 3.8) is 0 Å². The van der Waals surface area contributed by atoms with Gasteiger partial charge in [0.25, 0.3) is 0 Å². The summed E-state index contributed by atoms with van der Waals surface area (Å²) in [5.41, 5.74) is 2.44. The van der Waals surface area contributed by atoms with Crippen LogP contribution in [0.1, 0.15) is 30.4 Å². The second-order valence-corrected chi connectivity index (χ2v) is 4.82. The lowest BCUT2D eigenvalue weighted by atomic mass is 10.0. The molecule has 19 heavy (non-hydrogen) atoms. The maximum atomic E-state index is 5.37. The number of pyridine rings is 1. The van der Waals surface area contributed by atoms with Crippen LogP contribution in [0.3, 0.4) is 0 Å². The first-order chi connectivity index (χ1) is 9.31. The van der Waals surface area contributed by atoms with Crippen LogP contribution >= 0.6 is 0 Å². The third kappa shape index (κ3) is 4.21. The standard InChI is InChI=1S/C16H22N2O/c1-3-13-6-7-15(18-12-13)11-14(17-2)8-9-16-5-4-10-19-16/h4-7,10,12,14,17H,3,8-9,11H2,1-2H3. The largest absolute Gasteiger partial charge is 0.469 e. The summed E-state index contributed by atoms with van der Waals surface area (Å²) in [5.74, 6) is 1.05. The summed E-state index contributed by atoms with van der Waals surface area (Å²) in [5, 5.41) is 3.36. The molecule has 0 aliphatic heterocycles. The molecule has 1 unspecified atom stereocenters. The molecular weight excluding hydrogens is 236 g/mol. The zero-order valence-corrected chi connectivity index (χ0v) is 11.7. The number of nitrogens with one attached hydrogen (secondary N) is 1. The first-order valence-electron chi connectivity index (χ1n) is 6.95. The van der Waals surface area contributed by atoms with E-state index in [1.807, 2.05) is 25.4 Å². The molecule has 102 valence electrons. The molecule has 0 saturated heterocycles. The van der Waals surface area contributed by atoms with E-state index >= 15 is 0 Å². The predicted octanol–water partition coefficient (Wildman–Crippen LogP) is 3.00. The van der Waals surface area contributed by atoms with Crippen molar-refractivity contribution in [2.75, 3.05) is 7.05 Å². The number of aromatic nitrogens is 1. The highest BCUT2D eigenvalue weighted by atomic mass is 16.3. The summed E-state index contributed by atoms with van der Waals surface area (Å²) in [7, 11) is 2.01. The second-order valence-electron chi connectivity index (χ2n) is 4.82. The summed E-state index contributed by atoms with van der Waals surface area (Å²) in [6, 6.07) is 8.71. The highest BCUT2D eigenvalue weighted by Gasteiger charge is 2.09. The van der Waals surface area contributed by atoms with Crippen LogP contribution in [-0.2, 0) is 19.3 Å². The Kier molecular flexibility index (Phi) is 5.16. The summed E-state index contributed by atoms with van der Waals surface area (Å²) < 4.78 is 5.37. The van der Waals surface area contributed by atoms with Crippen LogP contribution in [0.25, 0.3) is 0 Å². The van der Waals surface area contributed by atoms with Crippen molar-refractivity contribution in [3.8, 4) is 0 Å². The molecule has 0 aliphatic rings. The summed E-state index contributed by atoms with van der Waals surface area (Å²) >= 11 is 0. The molecule has 3 nitrogen and oxygen atoms in total. The first-order valence-corrected chi connectivity index (χ1v) is 6.95. The maximum Gasteiger partial charge on any atom is 0.103 e. The van der Waals surface area contributed by atoms with Gasteiger partial charge in [-0.15, -0.1) is 0 Å². The molecule has 3 heteroatoms. The average Bonchev–Trinajstić information content (AvgIpc) is 2.97. The van der Waals surface area contributed by atoms with Crippen molar-refractivity contribution in [1.29, 1.82) is 0 Å². The molecule has 1 atom stereocenters. The van der Waals surface area contributed by atoms with E-state index in [1.165, 1.54) is 5.56 Å². The zero-order valence-electron chi connectivity index (χ0n) is 11.7. The Labute approximate surface area is 115 Å².